The summed E-state index contributed by atoms with van der Waals surface area (Å²) >= 11 is 0. The van der Waals surface area contributed by atoms with Gasteiger partial charge in [-0.2, -0.15) is 0 Å². The van der Waals surface area contributed by atoms with Crippen molar-refractivity contribution in [2.75, 3.05) is 31.1 Å². The average molecular weight is 330 g/mol. The van der Waals surface area contributed by atoms with Crippen molar-refractivity contribution >= 4 is 17.5 Å². The molecule has 3 aliphatic rings. The van der Waals surface area contributed by atoms with E-state index in [2.05, 4.69) is 21.6 Å². The number of hydrogen-bond acceptors (Lipinski definition) is 5. The highest BCUT2D eigenvalue weighted by atomic mass is 16.3. The number of nitrogens with one attached hydrogen (secondary N) is 2. The van der Waals surface area contributed by atoms with Crippen molar-refractivity contribution in [1.82, 2.24) is 15.5 Å². The first-order valence-corrected chi connectivity index (χ1v) is 8.50. The molecule has 0 aliphatic carbocycles. The zero-order chi connectivity index (χ0) is 16.7. The lowest BCUT2D eigenvalue weighted by molar-refractivity contribution is -0.129. The van der Waals surface area contributed by atoms with Crippen molar-refractivity contribution in [3.05, 3.63) is 29.3 Å². The smallest absolute Gasteiger partial charge is 0.254 e. The summed E-state index contributed by atoms with van der Waals surface area (Å²) in [6.07, 6.45) is -0.150. The summed E-state index contributed by atoms with van der Waals surface area (Å²) in [7, 11) is 0. The van der Waals surface area contributed by atoms with E-state index in [9.17, 15) is 14.7 Å². The number of aliphatic hydroxyl groups excluding tert-OH is 1. The molecule has 0 saturated carbocycles. The van der Waals surface area contributed by atoms with Crippen LogP contribution in [0.1, 0.15) is 28.8 Å². The number of benzene rings is 1. The Morgan fingerprint density at radius 3 is 2.71 bits per heavy atom. The normalized spacial score (nSPS) is 27.2. The number of piperazine rings is 1. The summed E-state index contributed by atoms with van der Waals surface area (Å²) in [5.74, 6) is -0.221. The molecule has 3 aliphatic heterocycles. The van der Waals surface area contributed by atoms with Crippen LogP contribution in [0.2, 0.25) is 0 Å². The van der Waals surface area contributed by atoms with Gasteiger partial charge in [0.25, 0.3) is 5.91 Å². The third-order valence-corrected chi connectivity index (χ3v) is 5.14. The highest BCUT2D eigenvalue weighted by Crippen LogP contribution is 2.31. The third-order valence-electron chi connectivity index (χ3n) is 5.14. The van der Waals surface area contributed by atoms with E-state index in [-0.39, 0.29) is 17.9 Å². The molecule has 3 heterocycles. The Morgan fingerprint density at radius 1 is 1.17 bits per heavy atom. The van der Waals surface area contributed by atoms with Crippen LogP contribution in [0.5, 0.6) is 0 Å². The minimum atomic E-state index is -0.989. The Labute approximate surface area is 140 Å². The number of hydrogen-bond donors (Lipinski definition) is 3. The van der Waals surface area contributed by atoms with Gasteiger partial charge < -0.3 is 25.5 Å². The largest absolute Gasteiger partial charge is 0.372 e. The number of aliphatic hydroxyl groups is 1. The number of amides is 2. The Kier molecular flexibility index (Phi) is 3.90. The van der Waals surface area contributed by atoms with Gasteiger partial charge in [0, 0.05) is 50.4 Å². The van der Waals surface area contributed by atoms with Crippen molar-refractivity contribution < 1.29 is 14.7 Å². The van der Waals surface area contributed by atoms with Gasteiger partial charge in [-0.15, -0.1) is 0 Å². The molecular weight excluding hydrogens is 308 g/mol. The zero-order valence-corrected chi connectivity index (χ0v) is 13.5. The highest BCUT2D eigenvalue weighted by Gasteiger charge is 2.39. The summed E-state index contributed by atoms with van der Waals surface area (Å²) in [4.78, 5) is 28.1. The van der Waals surface area contributed by atoms with Crippen molar-refractivity contribution in [1.29, 1.82) is 0 Å². The molecule has 3 N–H and O–H groups in total. The fourth-order valence-electron chi connectivity index (χ4n) is 3.81. The van der Waals surface area contributed by atoms with E-state index >= 15 is 0 Å². The lowest BCUT2D eigenvalue weighted by atomic mass is 10.0. The molecular formula is C17H22N4O3. The fraction of sp³-hybridized carbons (Fsp3) is 0.529. The maximum Gasteiger partial charge on any atom is 0.254 e. The summed E-state index contributed by atoms with van der Waals surface area (Å²) in [5, 5.41) is 16.0. The average Bonchev–Trinajstić information content (AvgIpc) is 2.92. The SMILES string of the molecule is O=C1CC[C@H](N2Cc3cc(N4CCNCC4)ccc3C2=O)C(O)N1. The van der Waals surface area contributed by atoms with Crippen LogP contribution < -0.4 is 15.5 Å². The van der Waals surface area contributed by atoms with E-state index in [0.29, 0.717) is 24.9 Å². The van der Waals surface area contributed by atoms with E-state index in [1.54, 1.807) is 4.90 Å². The van der Waals surface area contributed by atoms with Crippen LogP contribution in [0.15, 0.2) is 18.2 Å². The van der Waals surface area contributed by atoms with Gasteiger partial charge in [0.15, 0.2) is 0 Å². The van der Waals surface area contributed by atoms with E-state index in [0.717, 1.165) is 37.4 Å². The predicted octanol–water partition coefficient (Wildman–Crippen LogP) is -0.351. The molecule has 2 amide bonds. The topological polar surface area (TPSA) is 84.9 Å². The first-order valence-electron chi connectivity index (χ1n) is 8.50. The molecule has 2 atom stereocenters. The van der Waals surface area contributed by atoms with E-state index in [1.165, 1.54) is 0 Å². The second-order valence-corrected chi connectivity index (χ2v) is 6.63. The predicted molar refractivity (Wildman–Crippen MR) is 88.6 cm³/mol. The number of anilines is 1. The summed E-state index contributed by atoms with van der Waals surface area (Å²) in [6.45, 7) is 4.35. The second-order valence-electron chi connectivity index (χ2n) is 6.63. The maximum atomic E-state index is 12.7. The lowest BCUT2D eigenvalue weighted by Gasteiger charge is -2.35. The Bertz CT molecular complexity index is 672. The molecule has 2 fully saturated rings. The number of rotatable bonds is 2. The van der Waals surface area contributed by atoms with Crippen molar-refractivity contribution in [2.45, 2.75) is 31.7 Å². The van der Waals surface area contributed by atoms with Crippen LogP contribution in [0.4, 0.5) is 5.69 Å². The van der Waals surface area contributed by atoms with Crippen molar-refractivity contribution in [3.8, 4) is 0 Å². The molecule has 1 aromatic carbocycles. The van der Waals surface area contributed by atoms with Crippen LogP contribution >= 0.6 is 0 Å². The van der Waals surface area contributed by atoms with Gasteiger partial charge >= 0.3 is 0 Å². The number of nitrogens with zero attached hydrogens (tertiary/aromatic N) is 2. The Balaban J connectivity index is 1.54. The third kappa shape index (κ3) is 2.63. The number of carbonyl (C=O) groups is 2. The summed E-state index contributed by atoms with van der Waals surface area (Å²) in [6, 6.07) is 5.63. The maximum absolute atomic E-state index is 12.7. The van der Waals surface area contributed by atoms with Gasteiger partial charge in [0.2, 0.25) is 5.91 Å². The molecule has 0 spiro atoms. The minimum Gasteiger partial charge on any atom is -0.372 e. The van der Waals surface area contributed by atoms with Crippen molar-refractivity contribution in [2.24, 2.45) is 0 Å². The molecule has 7 nitrogen and oxygen atoms in total. The van der Waals surface area contributed by atoms with Crippen LogP contribution in [-0.4, -0.2) is 60.3 Å². The second kappa shape index (κ2) is 6.07. The van der Waals surface area contributed by atoms with Crippen LogP contribution in [0.3, 0.4) is 0 Å². The molecule has 0 aromatic heterocycles. The highest BCUT2D eigenvalue weighted by molar-refractivity contribution is 5.99. The molecule has 2 saturated heterocycles. The first kappa shape index (κ1) is 15.4. The van der Waals surface area contributed by atoms with Gasteiger partial charge in [-0.25, -0.2) is 0 Å². The fourth-order valence-corrected chi connectivity index (χ4v) is 3.81. The molecule has 0 radical (unpaired) electrons. The van der Waals surface area contributed by atoms with Crippen LogP contribution in [-0.2, 0) is 11.3 Å². The van der Waals surface area contributed by atoms with Gasteiger partial charge in [-0.1, -0.05) is 0 Å². The molecule has 7 heteroatoms. The molecule has 0 bridgehead atoms. The van der Waals surface area contributed by atoms with E-state index in [1.807, 2.05) is 12.1 Å². The van der Waals surface area contributed by atoms with Crippen LogP contribution in [0.25, 0.3) is 0 Å². The quantitative estimate of drug-likeness (QED) is 0.690. The number of piperidine rings is 1. The molecule has 24 heavy (non-hydrogen) atoms. The van der Waals surface area contributed by atoms with Gasteiger partial charge in [-0.3, -0.25) is 9.59 Å². The van der Waals surface area contributed by atoms with Gasteiger partial charge in [0.05, 0.1) is 6.04 Å². The monoisotopic (exact) mass is 330 g/mol. The molecule has 4 rings (SSSR count). The number of fused-ring (bicyclic) bond motifs is 1. The zero-order valence-electron chi connectivity index (χ0n) is 13.5. The van der Waals surface area contributed by atoms with Crippen molar-refractivity contribution in [3.63, 3.8) is 0 Å². The summed E-state index contributed by atoms with van der Waals surface area (Å²) in [5.41, 5.74) is 2.85. The van der Waals surface area contributed by atoms with E-state index in [4.69, 9.17) is 0 Å². The molecule has 1 aromatic rings. The van der Waals surface area contributed by atoms with Gasteiger partial charge in [0.1, 0.15) is 6.23 Å². The Hall–Kier alpha value is -2.12. The van der Waals surface area contributed by atoms with E-state index < -0.39 is 6.23 Å². The summed E-state index contributed by atoms with van der Waals surface area (Å²) < 4.78 is 0. The van der Waals surface area contributed by atoms with Crippen LogP contribution in [0, 0.1) is 0 Å². The Morgan fingerprint density at radius 2 is 1.96 bits per heavy atom. The minimum absolute atomic E-state index is 0.0583. The lowest BCUT2D eigenvalue weighted by Crippen LogP contribution is -2.55. The number of carbonyl (C=O) groups excluding carboxylic acids is 2. The van der Waals surface area contributed by atoms with Gasteiger partial charge in [-0.05, 0) is 30.2 Å². The standard InChI is InChI=1S/C17H22N4O3/c22-15-4-3-14(16(23)19-15)21-10-11-9-12(1-2-13(11)17(21)24)20-7-5-18-6-8-20/h1-2,9,14,16,18,23H,3-8,10H2,(H,19,22)/t14-,16?/m0/s1. The molecule has 1 unspecified atom stereocenters. The first-order chi connectivity index (χ1) is 11.6. The molecule has 128 valence electrons.